The molecule has 1 aromatic heterocycles. The van der Waals surface area contributed by atoms with Gasteiger partial charge in [-0.2, -0.15) is 0 Å². The Kier molecular flexibility index (Phi) is 5.58. The molecule has 1 aliphatic carbocycles. The lowest BCUT2D eigenvalue weighted by molar-refractivity contribution is 0.126. The molecule has 2 aliphatic heterocycles. The maximum absolute atomic E-state index is 12.6. The summed E-state index contributed by atoms with van der Waals surface area (Å²) in [6.45, 7) is 11.9. The molecule has 3 fully saturated rings. The van der Waals surface area contributed by atoms with Gasteiger partial charge in [-0.1, -0.05) is 33.6 Å². The third-order valence-corrected chi connectivity index (χ3v) is 7.60. The molecule has 1 N–H and O–H groups in total. The van der Waals surface area contributed by atoms with Crippen molar-refractivity contribution in [3.63, 3.8) is 0 Å². The van der Waals surface area contributed by atoms with Crippen molar-refractivity contribution in [1.29, 1.82) is 0 Å². The summed E-state index contributed by atoms with van der Waals surface area (Å²) in [5, 5.41) is 10.6. The molecule has 2 bridgehead atoms. The Morgan fingerprint density at radius 1 is 1.07 bits per heavy atom. The lowest BCUT2D eigenvalue weighted by Crippen LogP contribution is -2.35. The van der Waals surface area contributed by atoms with Crippen LogP contribution in [0.2, 0.25) is 0 Å². The smallest absolute Gasteiger partial charge is 0.223 e. The van der Waals surface area contributed by atoms with Gasteiger partial charge in [-0.25, -0.2) is 0 Å². The van der Waals surface area contributed by atoms with Crippen LogP contribution in [0.1, 0.15) is 77.1 Å². The van der Waals surface area contributed by atoms with Gasteiger partial charge in [-0.15, -0.1) is 0 Å². The SMILES string of the molecule is Cn1c(CN2CCCCCC2)cc(=O)c(O)c1CN1C[C@@]2(C)C[C@@H]1CC(C)(C)C2. The van der Waals surface area contributed by atoms with Crippen molar-refractivity contribution in [2.45, 2.75) is 84.8 Å². The monoisotopic (exact) mass is 401 g/mol. The lowest BCUT2D eigenvalue weighted by Gasteiger charge is -2.40. The molecule has 2 saturated heterocycles. The predicted octanol–water partition coefficient (Wildman–Crippen LogP) is 3.87. The Hall–Kier alpha value is -1.33. The topological polar surface area (TPSA) is 48.7 Å². The van der Waals surface area contributed by atoms with E-state index in [1.807, 2.05) is 7.05 Å². The summed E-state index contributed by atoms with van der Waals surface area (Å²) >= 11 is 0. The maximum Gasteiger partial charge on any atom is 0.223 e. The van der Waals surface area contributed by atoms with Crippen LogP contribution in [0, 0.1) is 10.8 Å². The van der Waals surface area contributed by atoms with Crippen LogP contribution in [0.5, 0.6) is 5.75 Å². The van der Waals surface area contributed by atoms with Crippen molar-refractivity contribution >= 4 is 0 Å². The van der Waals surface area contributed by atoms with Crippen molar-refractivity contribution in [3.05, 3.63) is 27.7 Å². The summed E-state index contributed by atoms with van der Waals surface area (Å²) in [7, 11) is 2.02. The van der Waals surface area contributed by atoms with Crippen molar-refractivity contribution in [1.82, 2.24) is 14.4 Å². The molecule has 0 aromatic carbocycles. The molecule has 2 atom stereocenters. The van der Waals surface area contributed by atoms with E-state index in [0.717, 1.165) is 37.6 Å². The van der Waals surface area contributed by atoms with E-state index in [0.29, 0.717) is 23.4 Å². The highest BCUT2D eigenvalue weighted by molar-refractivity contribution is 5.30. The average Bonchev–Trinajstić information content (AvgIpc) is 2.79. The number of likely N-dealkylation sites (tertiary alicyclic amines) is 2. The second kappa shape index (κ2) is 7.73. The number of rotatable bonds is 4. The number of fused-ring (bicyclic) bond motifs is 2. The van der Waals surface area contributed by atoms with E-state index in [1.54, 1.807) is 6.07 Å². The minimum absolute atomic E-state index is 0.0574. The fraction of sp³-hybridized carbons (Fsp3) is 0.792. The number of aromatic nitrogens is 1. The highest BCUT2D eigenvalue weighted by Crippen LogP contribution is 2.52. The fourth-order valence-electron chi connectivity index (χ4n) is 6.60. The first-order valence-corrected chi connectivity index (χ1v) is 11.5. The van der Waals surface area contributed by atoms with E-state index in [9.17, 15) is 9.90 Å². The molecular weight excluding hydrogens is 362 g/mol. The van der Waals surface area contributed by atoms with Crippen LogP contribution in [0.4, 0.5) is 0 Å². The van der Waals surface area contributed by atoms with Gasteiger partial charge in [0, 0.05) is 44.5 Å². The summed E-state index contributed by atoms with van der Waals surface area (Å²) in [5.74, 6) is -0.0574. The van der Waals surface area contributed by atoms with Crippen molar-refractivity contribution in [2.75, 3.05) is 19.6 Å². The Balaban J connectivity index is 1.57. The van der Waals surface area contributed by atoms with Crippen LogP contribution in [-0.2, 0) is 20.1 Å². The predicted molar refractivity (Wildman–Crippen MR) is 117 cm³/mol. The summed E-state index contributed by atoms with van der Waals surface area (Å²) < 4.78 is 2.09. The summed E-state index contributed by atoms with van der Waals surface area (Å²) in [6.07, 6.45) is 8.78. The minimum Gasteiger partial charge on any atom is -0.503 e. The Labute approximate surface area is 175 Å². The maximum atomic E-state index is 12.6. The van der Waals surface area contributed by atoms with Crippen molar-refractivity contribution in [2.24, 2.45) is 17.9 Å². The van der Waals surface area contributed by atoms with Crippen molar-refractivity contribution in [3.8, 4) is 5.75 Å². The Morgan fingerprint density at radius 3 is 2.45 bits per heavy atom. The summed E-state index contributed by atoms with van der Waals surface area (Å²) in [4.78, 5) is 17.6. The first-order valence-electron chi connectivity index (χ1n) is 11.5. The molecule has 1 saturated carbocycles. The summed E-state index contributed by atoms with van der Waals surface area (Å²) in [5.41, 5.74) is 2.31. The molecule has 5 heteroatoms. The van der Waals surface area contributed by atoms with Crippen LogP contribution in [0.25, 0.3) is 0 Å². The molecule has 5 nitrogen and oxygen atoms in total. The Bertz CT molecular complexity index is 807. The molecule has 0 radical (unpaired) electrons. The normalized spacial score (nSPS) is 30.4. The van der Waals surface area contributed by atoms with E-state index < -0.39 is 0 Å². The first-order chi connectivity index (χ1) is 13.7. The first kappa shape index (κ1) is 20.9. The van der Waals surface area contributed by atoms with Crippen LogP contribution >= 0.6 is 0 Å². The molecule has 4 rings (SSSR count). The van der Waals surface area contributed by atoms with Gasteiger partial charge in [0.25, 0.3) is 0 Å². The lowest BCUT2D eigenvalue weighted by atomic mass is 9.65. The van der Waals surface area contributed by atoms with Gasteiger partial charge in [0.2, 0.25) is 5.43 Å². The number of pyridine rings is 1. The van der Waals surface area contributed by atoms with E-state index in [2.05, 4.69) is 35.1 Å². The van der Waals surface area contributed by atoms with Crippen LogP contribution in [0.3, 0.4) is 0 Å². The zero-order chi connectivity index (χ0) is 20.8. The highest BCUT2D eigenvalue weighted by Gasteiger charge is 2.49. The largest absolute Gasteiger partial charge is 0.503 e. The number of aromatic hydroxyl groups is 1. The zero-order valence-electron chi connectivity index (χ0n) is 18.8. The average molecular weight is 402 g/mol. The molecular formula is C24H39N3O2. The van der Waals surface area contributed by atoms with Crippen LogP contribution < -0.4 is 5.43 Å². The van der Waals surface area contributed by atoms with Gasteiger partial charge < -0.3 is 9.67 Å². The molecule has 0 unspecified atom stereocenters. The van der Waals surface area contributed by atoms with Gasteiger partial charge in [0.05, 0.1) is 5.69 Å². The summed E-state index contributed by atoms with van der Waals surface area (Å²) in [6, 6.07) is 2.20. The highest BCUT2D eigenvalue weighted by atomic mass is 16.3. The molecule has 0 spiro atoms. The van der Waals surface area contributed by atoms with Crippen LogP contribution in [0.15, 0.2) is 10.9 Å². The molecule has 1 aromatic rings. The van der Waals surface area contributed by atoms with Crippen molar-refractivity contribution < 1.29 is 5.11 Å². The second-order valence-electron chi connectivity index (χ2n) is 11.2. The standard InChI is InChI=1S/C24H39N3O2/c1-23(2)12-19-13-24(3,16-23)17-27(19)15-20-22(29)21(28)11-18(25(20)4)14-26-9-7-5-6-8-10-26/h11,19,29H,5-10,12-17H2,1-4H3/t19-,24-/m0/s1. The molecule has 29 heavy (non-hydrogen) atoms. The van der Waals surface area contributed by atoms with Gasteiger partial charge in [-0.3, -0.25) is 14.6 Å². The van der Waals surface area contributed by atoms with Gasteiger partial charge in [0.1, 0.15) is 0 Å². The minimum atomic E-state index is -0.225. The zero-order valence-corrected chi connectivity index (χ0v) is 18.8. The quantitative estimate of drug-likeness (QED) is 0.832. The van der Waals surface area contributed by atoms with Crippen LogP contribution in [-0.4, -0.2) is 45.1 Å². The third-order valence-electron chi connectivity index (χ3n) is 7.60. The third kappa shape index (κ3) is 4.41. The Morgan fingerprint density at radius 2 is 1.76 bits per heavy atom. The number of nitrogens with zero attached hydrogens (tertiary/aromatic N) is 3. The van der Waals surface area contributed by atoms with E-state index in [1.165, 1.54) is 44.9 Å². The number of hydrogen-bond acceptors (Lipinski definition) is 4. The molecule has 0 amide bonds. The fourth-order valence-corrected chi connectivity index (χ4v) is 6.60. The second-order valence-corrected chi connectivity index (χ2v) is 11.2. The van der Waals surface area contributed by atoms with E-state index >= 15 is 0 Å². The van der Waals surface area contributed by atoms with E-state index in [4.69, 9.17) is 0 Å². The molecule has 3 aliphatic rings. The molecule has 3 heterocycles. The van der Waals surface area contributed by atoms with E-state index in [-0.39, 0.29) is 11.2 Å². The molecule has 162 valence electrons. The van der Waals surface area contributed by atoms with Gasteiger partial charge in [0.15, 0.2) is 5.75 Å². The number of hydrogen-bond donors (Lipinski definition) is 1. The van der Waals surface area contributed by atoms with Gasteiger partial charge >= 0.3 is 0 Å². The van der Waals surface area contributed by atoms with Gasteiger partial charge in [-0.05, 0) is 56.0 Å².